The van der Waals surface area contributed by atoms with Gasteiger partial charge in [0, 0.05) is 24.2 Å². The van der Waals surface area contributed by atoms with Gasteiger partial charge in [0.05, 0.1) is 5.92 Å². The van der Waals surface area contributed by atoms with Crippen LogP contribution < -0.4 is 4.90 Å². The number of hydrogen-bond donors (Lipinski definition) is 1. The summed E-state index contributed by atoms with van der Waals surface area (Å²) in [6.45, 7) is 4.47. The van der Waals surface area contributed by atoms with Crippen LogP contribution in [0.2, 0.25) is 0 Å². The van der Waals surface area contributed by atoms with E-state index in [0.717, 1.165) is 5.56 Å². The molecule has 138 valence electrons. The zero-order chi connectivity index (χ0) is 19.1. The molecule has 0 radical (unpaired) electrons. The smallest absolute Gasteiger partial charge is 0.308 e. The van der Waals surface area contributed by atoms with E-state index in [9.17, 15) is 9.59 Å². The second-order valence-electron chi connectivity index (χ2n) is 7.19. The van der Waals surface area contributed by atoms with Gasteiger partial charge in [-0.3, -0.25) is 9.59 Å². The molecule has 4 rings (SSSR count). The number of amides is 1. The molecule has 1 aliphatic heterocycles. The van der Waals surface area contributed by atoms with E-state index in [2.05, 4.69) is 31.0 Å². The van der Waals surface area contributed by atoms with Crippen LogP contribution in [-0.2, 0) is 9.59 Å². The lowest BCUT2D eigenvalue weighted by atomic mass is 10.0. The highest BCUT2D eigenvalue weighted by Gasteiger charge is 2.35. The van der Waals surface area contributed by atoms with Crippen LogP contribution in [-0.4, -0.2) is 28.5 Å². The Hall–Kier alpha value is -3.15. The van der Waals surface area contributed by atoms with Gasteiger partial charge in [0.15, 0.2) is 5.58 Å². The number of aliphatic carboxylic acids is 1. The highest BCUT2D eigenvalue weighted by atomic mass is 16.4. The van der Waals surface area contributed by atoms with Gasteiger partial charge in [0.1, 0.15) is 5.52 Å². The quantitative estimate of drug-likeness (QED) is 0.755. The molecule has 6 heteroatoms. The molecule has 6 nitrogen and oxygen atoms in total. The topological polar surface area (TPSA) is 83.6 Å². The Morgan fingerprint density at radius 2 is 1.96 bits per heavy atom. The number of rotatable bonds is 4. The molecule has 0 aliphatic carbocycles. The fourth-order valence-corrected chi connectivity index (χ4v) is 3.34. The Balaban J connectivity index is 1.64. The number of carboxylic acid groups (broad SMARTS) is 1. The maximum Gasteiger partial charge on any atom is 0.308 e. The van der Waals surface area contributed by atoms with E-state index in [1.165, 1.54) is 10.5 Å². The molecule has 0 bridgehead atoms. The summed E-state index contributed by atoms with van der Waals surface area (Å²) in [6, 6.07) is 13.4. The molecule has 2 aromatic carbocycles. The van der Waals surface area contributed by atoms with Gasteiger partial charge in [0.2, 0.25) is 11.8 Å². The molecular weight excluding hydrogens is 344 g/mol. The Kier molecular flexibility index (Phi) is 4.18. The molecule has 3 aromatic rings. The van der Waals surface area contributed by atoms with E-state index in [0.29, 0.717) is 28.6 Å². The summed E-state index contributed by atoms with van der Waals surface area (Å²) in [6.07, 6.45) is 0.0274. The number of aromatic nitrogens is 1. The first-order valence-corrected chi connectivity index (χ1v) is 8.96. The molecular formula is C21H20N2O4. The van der Waals surface area contributed by atoms with Crippen LogP contribution in [0, 0.1) is 5.92 Å². The predicted molar refractivity (Wildman–Crippen MR) is 102 cm³/mol. The van der Waals surface area contributed by atoms with Gasteiger partial charge in [0.25, 0.3) is 0 Å². The SMILES string of the molecule is CC(C)c1ccc(-c2nc3cc(N4CC(C(=O)O)CC4=O)ccc3o2)cc1. The lowest BCUT2D eigenvalue weighted by molar-refractivity contribution is -0.141. The maximum absolute atomic E-state index is 12.2. The summed E-state index contributed by atoms with van der Waals surface area (Å²) in [4.78, 5) is 29.4. The lowest BCUT2D eigenvalue weighted by Crippen LogP contribution is -2.25. The van der Waals surface area contributed by atoms with Crippen molar-refractivity contribution in [2.45, 2.75) is 26.2 Å². The second kappa shape index (κ2) is 6.54. The highest BCUT2D eigenvalue weighted by Crippen LogP contribution is 2.31. The van der Waals surface area contributed by atoms with Crippen molar-refractivity contribution in [1.29, 1.82) is 0 Å². The monoisotopic (exact) mass is 364 g/mol. The summed E-state index contributed by atoms with van der Waals surface area (Å²) >= 11 is 0. The molecule has 1 fully saturated rings. The lowest BCUT2D eigenvalue weighted by Gasteiger charge is -2.15. The number of oxazole rings is 1. The number of nitrogens with zero attached hydrogens (tertiary/aromatic N) is 2. The molecule has 1 aliphatic rings. The van der Waals surface area contributed by atoms with Gasteiger partial charge in [-0.25, -0.2) is 4.98 Å². The zero-order valence-corrected chi connectivity index (χ0v) is 15.2. The van der Waals surface area contributed by atoms with E-state index in [4.69, 9.17) is 9.52 Å². The van der Waals surface area contributed by atoms with Gasteiger partial charge in [-0.2, -0.15) is 0 Å². The fourth-order valence-electron chi connectivity index (χ4n) is 3.34. The summed E-state index contributed by atoms with van der Waals surface area (Å²) in [5.41, 5.74) is 4.05. The minimum atomic E-state index is -0.944. The summed E-state index contributed by atoms with van der Waals surface area (Å²) in [7, 11) is 0. The molecule has 1 amide bonds. The third kappa shape index (κ3) is 3.18. The average molecular weight is 364 g/mol. The molecule has 1 aromatic heterocycles. The van der Waals surface area contributed by atoms with Crippen LogP contribution >= 0.6 is 0 Å². The van der Waals surface area contributed by atoms with Crippen molar-refractivity contribution in [1.82, 2.24) is 4.98 Å². The first-order valence-electron chi connectivity index (χ1n) is 8.96. The van der Waals surface area contributed by atoms with Gasteiger partial charge < -0.3 is 14.4 Å². The maximum atomic E-state index is 12.2. The van der Waals surface area contributed by atoms with E-state index in [-0.39, 0.29) is 18.9 Å². The van der Waals surface area contributed by atoms with Crippen LogP contribution in [0.3, 0.4) is 0 Å². The summed E-state index contributed by atoms with van der Waals surface area (Å²) in [5.74, 6) is -0.817. The first-order chi connectivity index (χ1) is 12.9. The number of fused-ring (bicyclic) bond motifs is 1. The van der Waals surface area contributed by atoms with Crippen molar-refractivity contribution in [3.63, 3.8) is 0 Å². The van der Waals surface area contributed by atoms with Crippen LogP contribution in [0.15, 0.2) is 46.9 Å². The number of carbonyl (C=O) groups is 2. The Morgan fingerprint density at radius 1 is 1.22 bits per heavy atom. The standard InChI is InChI=1S/C21H20N2O4/c1-12(2)13-3-5-14(6-4-13)20-22-17-10-16(7-8-18(17)27-20)23-11-15(21(25)26)9-19(23)24/h3-8,10,12,15H,9,11H2,1-2H3,(H,25,26). The van der Waals surface area contributed by atoms with E-state index in [1.807, 2.05) is 12.1 Å². The van der Waals surface area contributed by atoms with Gasteiger partial charge in [-0.1, -0.05) is 26.0 Å². The van der Waals surface area contributed by atoms with Gasteiger partial charge in [-0.05, 0) is 41.8 Å². The molecule has 1 unspecified atom stereocenters. The third-order valence-corrected chi connectivity index (χ3v) is 4.98. The number of carbonyl (C=O) groups excluding carboxylic acids is 1. The van der Waals surface area contributed by atoms with Gasteiger partial charge >= 0.3 is 5.97 Å². The molecule has 1 atom stereocenters. The van der Waals surface area contributed by atoms with Crippen molar-refractivity contribution < 1.29 is 19.1 Å². The first kappa shape index (κ1) is 17.3. The molecule has 2 heterocycles. The molecule has 0 spiro atoms. The van der Waals surface area contributed by atoms with Crippen molar-refractivity contribution in [3.05, 3.63) is 48.0 Å². The minimum Gasteiger partial charge on any atom is -0.481 e. The normalized spacial score (nSPS) is 17.2. The summed E-state index contributed by atoms with van der Waals surface area (Å²) < 4.78 is 5.85. The van der Waals surface area contributed by atoms with E-state index in [1.54, 1.807) is 18.2 Å². The van der Waals surface area contributed by atoms with E-state index >= 15 is 0 Å². The minimum absolute atomic E-state index is 0.0274. The van der Waals surface area contributed by atoms with Crippen LogP contribution in [0.25, 0.3) is 22.6 Å². The Labute approximate surface area is 156 Å². The predicted octanol–water partition coefficient (Wildman–Crippen LogP) is 4.06. The van der Waals surface area contributed by atoms with Gasteiger partial charge in [-0.15, -0.1) is 0 Å². The molecule has 0 saturated carbocycles. The van der Waals surface area contributed by atoms with Crippen molar-refractivity contribution >= 4 is 28.7 Å². The third-order valence-electron chi connectivity index (χ3n) is 4.98. The summed E-state index contributed by atoms with van der Waals surface area (Å²) in [5, 5.41) is 9.14. The second-order valence-corrected chi connectivity index (χ2v) is 7.19. The number of benzene rings is 2. The molecule has 1 N–H and O–H groups in total. The highest BCUT2D eigenvalue weighted by molar-refractivity contribution is 6.00. The molecule has 1 saturated heterocycles. The molecule has 27 heavy (non-hydrogen) atoms. The van der Waals surface area contributed by atoms with Crippen molar-refractivity contribution in [2.24, 2.45) is 5.92 Å². The Bertz CT molecular complexity index is 1020. The zero-order valence-electron chi connectivity index (χ0n) is 15.2. The Morgan fingerprint density at radius 3 is 2.59 bits per heavy atom. The number of carboxylic acids is 1. The largest absolute Gasteiger partial charge is 0.481 e. The fraction of sp³-hybridized carbons (Fsp3) is 0.286. The van der Waals surface area contributed by atoms with Crippen LogP contribution in [0.4, 0.5) is 5.69 Å². The van der Waals surface area contributed by atoms with Crippen LogP contribution in [0.1, 0.15) is 31.7 Å². The van der Waals surface area contributed by atoms with Crippen LogP contribution in [0.5, 0.6) is 0 Å². The number of hydrogen-bond acceptors (Lipinski definition) is 4. The van der Waals surface area contributed by atoms with E-state index < -0.39 is 11.9 Å². The number of anilines is 1. The van der Waals surface area contributed by atoms with Crippen molar-refractivity contribution in [2.75, 3.05) is 11.4 Å². The average Bonchev–Trinajstić information content (AvgIpc) is 3.24. The van der Waals surface area contributed by atoms with Crippen molar-refractivity contribution in [3.8, 4) is 11.5 Å².